The predicted octanol–water partition coefficient (Wildman–Crippen LogP) is 4.75. The summed E-state index contributed by atoms with van der Waals surface area (Å²) >= 11 is 7.07. The molecule has 2 aliphatic heterocycles. The van der Waals surface area contributed by atoms with Gasteiger partial charge in [-0.2, -0.15) is 5.26 Å². The van der Waals surface area contributed by atoms with E-state index in [-0.39, 0.29) is 59.5 Å². The van der Waals surface area contributed by atoms with Gasteiger partial charge in [0.1, 0.15) is 0 Å². The molecule has 0 spiro atoms. The van der Waals surface area contributed by atoms with Gasteiger partial charge in [0.2, 0.25) is 5.91 Å². The van der Waals surface area contributed by atoms with Crippen molar-refractivity contribution in [2.75, 3.05) is 46.9 Å². The largest absolute Gasteiger partial charge is 0.376 e. The van der Waals surface area contributed by atoms with E-state index in [2.05, 4.69) is 52.2 Å². The lowest BCUT2D eigenvalue weighted by Gasteiger charge is -2.50. The van der Waals surface area contributed by atoms with Crippen molar-refractivity contribution in [3.05, 3.63) is 11.6 Å². The maximum absolute atomic E-state index is 13.0. The van der Waals surface area contributed by atoms with Gasteiger partial charge in [0, 0.05) is 50.3 Å². The van der Waals surface area contributed by atoms with E-state index in [0.29, 0.717) is 36.9 Å². The molecule has 1 amide bonds. The standard InChI is InChI=1S/C38H65ClN6O3/c1-6-25-10-8-14-38(3)20-26(22-42-35(38)16-25)24-48-33-13-12-28(17-30(33)39)43-37-27(21-40)23-41-31-19-34(47-7-2)32(18-29(31)37)44-36(46)11-9-15-45(4)5/h16,26-35,37,41-43H,6-15,17-20,22-24H2,1-5H3,(H,44,46). The van der Waals surface area contributed by atoms with Crippen LogP contribution in [-0.4, -0.2) is 106 Å². The Morgan fingerprint density at radius 3 is 2.71 bits per heavy atom. The van der Waals surface area contributed by atoms with Crippen LogP contribution in [-0.2, 0) is 14.3 Å². The van der Waals surface area contributed by atoms with Gasteiger partial charge in [-0.3, -0.25) is 4.79 Å². The Bertz CT molecular complexity index is 1120. The summed E-state index contributed by atoms with van der Waals surface area (Å²) < 4.78 is 12.8. The Balaban J connectivity index is 1.14. The molecule has 5 aliphatic rings. The van der Waals surface area contributed by atoms with Gasteiger partial charge in [0.15, 0.2) is 0 Å². The van der Waals surface area contributed by atoms with Crippen LogP contribution in [0.5, 0.6) is 0 Å². The van der Waals surface area contributed by atoms with E-state index in [1.165, 1.54) is 25.7 Å². The molecule has 10 heteroatoms. The number of nitrogens with one attached hydrogen (secondary N) is 4. The third-order valence-corrected chi connectivity index (χ3v) is 12.8. The Morgan fingerprint density at radius 1 is 1.15 bits per heavy atom. The van der Waals surface area contributed by atoms with E-state index in [0.717, 1.165) is 64.6 Å². The number of rotatable bonds is 13. The van der Waals surface area contributed by atoms with E-state index in [9.17, 15) is 10.1 Å². The summed E-state index contributed by atoms with van der Waals surface area (Å²) in [6.07, 6.45) is 14.5. The molecule has 2 heterocycles. The Labute approximate surface area is 296 Å². The number of ether oxygens (including phenoxy) is 2. The summed E-state index contributed by atoms with van der Waals surface area (Å²) in [7, 11) is 4.07. The highest BCUT2D eigenvalue weighted by Gasteiger charge is 2.48. The molecule has 0 aromatic carbocycles. The van der Waals surface area contributed by atoms with Crippen LogP contribution in [0.1, 0.15) is 97.8 Å². The Hall–Kier alpha value is -1.25. The molecule has 4 N–H and O–H groups in total. The number of amides is 1. The zero-order chi connectivity index (χ0) is 34.3. The van der Waals surface area contributed by atoms with Crippen LogP contribution in [0.3, 0.4) is 0 Å². The molecule has 12 unspecified atom stereocenters. The van der Waals surface area contributed by atoms with Gasteiger partial charge in [-0.05, 0) is 115 Å². The molecule has 48 heavy (non-hydrogen) atoms. The Morgan fingerprint density at radius 2 is 1.98 bits per heavy atom. The van der Waals surface area contributed by atoms with Gasteiger partial charge in [-0.15, -0.1) is 11.6 Å². The number of fused-ring (bicyclic) bond motifs is 2. The van der Waals surface area contributed by atoms with Crippen LogP contribution in [0.25, 0.3) is 0 Å². The van der Waals surface area contributed by atoms with Gasteiger partial charge >= 0.3 is 0 Å². The van der Waals surface area contributed by atoms with Crippen molar-refractivity contribution in [3.8, 4) is 6.07 Å². The lowest BCUT2D eigenvalue weighted by Crippen LogP contribution is -2.66. The lowest BCUT2D eigenvalue weighted by molar-refractivity contribution is -0.124. The molecule has 272 valence electrons. The molecule has 9 nitrogen and oxygen atoms in total. The quantitative estimate of drug-likeness (QED) is 0.162. The minimum atomic E-state index is -0.134. The number of carbonyl (C=O) groups is 1. The van der Waals surface area contributed by atoms with E-state index >= 15 is 0 Å². The number of alkyl halides is 1. The summed E-state index contributed by atoms with van der Waals surface area (Å²) in [5.41, 5.74) is 1.91. The molecule has 12 atom stereocenters. The summed E-state index contributed by atoms with van der Waals surface area (Å²) in [4.78, 5) is 15.1. The normalized spacial score (nSPS) is 40.2. The highest BCUT2D eigenvalue weighted by molar-refractivity contribution is 6.21. The van der Waals surface area contributed by atoms with Gasteiger partial charge in [0.25, 0.3) is 0 Å². The second-order valence-electron chi connectivity index (χ2n) is 16.2. The van der Waals surface area contributed by atoms with E-state index in [1.807, 2.05) is 21.0 Å². The summed E-state index contributed by atoms with van der Waals surface area (Å²) in [6, 6.07) is 3.57. The predicted molar refractivity (Wildman–Crippen MR) is 193 cm³/mol. The molecular formula is C38H65ClN6O3. The first kappa shape index (κ1) is 38.0. The van der Waals surface area contributed by atoms with Crippen LogP contribution in [0.15, 0.2) is 11.6 Å². The number of nitrogens with zero attached hydrogens (tertiary/aromatic N) is 2. The highest BCUT2D eigenvalue weighted by atomic mass is 35.5. The van der Waals surface area contributed by atoms with E-state index in [1.54, 1.807) is 5.57 Å². The van der Waals surface area contributed by atoms with Crippen molar-refractivity contribution in [3.63, 3.8) is 0 Å². The van der Waals surface area contributed by atoms with Crippen molar-refractivity contribution in [2.45, 2.75) is 146 Å². The molecule has 0 aromatic heterocycles. The van der Waals surface area contributed by atoms with Crippen LogP contribution in [0.2, 0.25) is 0 Å². The number of allylic oxidation sites excluding steroid dienone is 1. The molecule has 4 fully saturated rings. The molecule has 2 saturated carbocycles. The maximum Gasteiger partial charge on any atom is 0.220 e. The number of carbonyl (C=O) groups excluding carboxylic acids is 1. The molecule has 0 bridgehead atoms. The minimum absolute atomic E-state index is 0.0266. The van der Waals surface area contributed by atoms with Crippen LogP contribution >= 0.6 is 11.6 Å². The number of hydrogen-bond donors (Lipinski definition) is 4. The SMILES string of the molecule is CCOC1CC2NCC(C#N)C(NC3CCC(OCC4CNC5C=C(CC)CCCC5(C)C4)C(Cl)C3)C2CC1NC(=O)CCCN(C)C. The first-order valence-electron chi connectivity index (χ1n) is 19.3. The summed E-state index contributed by atoms with van der Waals surface area (Å²) in [5.74, 6) is 0.698. The first-order valence-corrected chi connectivity index (χ1v) is 19.7. The lowest BCUT2D eigenvalue weighted by atomic mass is 9.69. The third kappa shape index (κ3) is 9.75. The topological polar surface area (TPSA) is 111 Å². The number of nitriles is 1. The number of hydrogen-bond acceptors (Lipinski definition) is 8. The molecule has 0 aromatic rings. The van der Waals surface area contributed by atoms with E-state index < -0.39 is 0 Å². The van der Waals surface area contributed by atoms with Crippen LogP contribution in [0.4, 0.5) is 0 Å². The van der Waals surface area contributed by atoms with Gasteiger partial charge in [-0.1, -0.05) is 25.5 Å². The Kier molecular flexibility index (Phi) is 14.1. The van der Waals surface area contributed by atoms with Gasteiger partial charge < -0.3 is 35.6 Å². The van der Waals surface area contributed by atoms with E-state index in [4.69, 9.17) is 21.1 Å². The van der Waals surface area contributed by atoms with Crippen molar-refractivity contribution in [1.82, 2.24) is 26.2 Å². The van der Waals surface area contributed by atoms with Crippen LogP contribution in [0, 0.1) is 34.5 Å². The van der Waals surface area contributed by atoms with Crippen molar-refractivity contribution in [1.29, 1.82) is 5.26 Å². The minimum Gasteiger partial charge on any atom is -0.376 e. The molecule has 0 radical (unpaired) electrons. The second-order valence-corrected chi connectivity index (χ2v) is 16.8. The first-order chi connectivity index (χ1) is 23.1. The maximum atomic E-state index is 13.0. The fourth-order valence-corrected chi connectivity index (χ4v) is 10.0. The third-order valence-electron chi connectivity index (χ3n) is 12.3. The fourth-order valence-electron chi connectivity index (χ4n) is 9.61. The number of piperidine rings is 2. The van der Waals surface area contributed by atoms with Crippen molar-refractivity contribution in [2.24, 2.45) is 23.2 Å². The van der Waals surface area contributed by atoms with Crippen molar-refractivity contribution < 1.29 is 14.3 Å². The average molecular weight is 689 g/mol. The zero-order valence-electron chi connectivity index (χ0n) is 30.4. The average Bonchev–Trinajstić information content (AvgIpc) is 3.22. The summed E-state index contributed by atoms with van der Waals surface area (Å²) in [5, 5.41) is 25.0. The highest BCUT2D eigenvalue weighted by Crippen LogP contribution is 2.43. The zero-order valence-corrected chi connectivity index (χ0v) is 31.2. The van der Waals surface area contributed by atoms with Gasteiger partial charge in [0.05, 0.1) is 42.2 Å². The summed E-state index contributed by atoms with van der Waals surface area (Å²) in [6.45, 7) is 10.7. The fraction of sp³-hybridized carbons (Fsp3) is 0.895. The van der Waals surface area contributed by atoms with Crippen molar-refractivity contribution >= 4 is 17.5 Å². The smallest absolute Gasteiger partial charge is 0.220 e. The number of halogens is 1. The van der Waals surface area contributed by atoms with Gasteiger partial charge in [-0.25, -0.2) is 0 Å². The monoisotopic (exact) mass is 688 g/mol. The molecular weight excluding hydrogens is 624 g/mol. The van der Waals surface area contributed by atoms with Crippen LogP contribution < -0.4 is 21.3 Å². The molecule has 5 rings (SSSR count). The molecule has 2 saturated heterocycles. The second kappa shape index (κ2) is 17.8. The molecule has 3 aliphatic carbocycles.